The quantitative estimate of drug-likeness (QED) is 0.674. The predicted molar refractivity (Wildman–Crippen MR) is 69.2 cm³/mol. The molecule has 0 aromatic heterocycles. The smallest absolute Gasteiger partial charge is 0.227 e. The molecule has 1 saturated heterocycles. The average Bonchev–Trinajstić information content (AvgIpc) is 2.65. The van der Waals surface area contributed by atoms with Crippen molar-refractivity contribution in [2.24, 2.45) is 5.92 Å². The van der Waals surface area contributed by atoms with Crippen LogP contribution >= 0.6 is 15.9 Å². The van der Waals surface area contributed by atoms with Crippen molar-refractivity contribution in [3.05, 3.63) is 35.1 Å². The summed E-state index contributed by atoms with van der Waals surface area (Å²) in [6.07, 6.45) is 2.14. The summed E-state index contributed by atoms with van der Waals surface area (Å²) in [5, 5.41) is 0. The molecule has 1 heterocycles. The van der Waals surface area contributed by atoms with Crippen molar-refractivity contribution in [1.29, 1.82) is 0 Å². The number of benzene rings is 1. The molecule has 1 aromatic carbocycles. The molecule has 0 spiro atoms. The van der Waals surface area contributed by atoms with Crippen LogP contribution in [0.5, 0.6) is 0 Å². The summed E-state index contributed by atoms with van der Waals surface area (Å²) in [5.74, 6) is -0.376. The lowest BCUT2D eigenvalue weighted by Crippen LogP contribution is -2.25. The fraction of sp³-hybridized carbons (Fsp3) is 0.250. The van der Waals surface area contributed by atoms with E-state index in [0.717, 1.165) is 0 Å². The van der Waals surface area contributed by atoms with Crippen molar-refractivity contribution in [3.63, 3.8) is 0 Å². The van der Waals surface area contributed by atoms with Crippen LogP contribution in [0.1, 0.15) is 6.42 Å². The van der Waals surface area contributed by atoms with Crippen molar-refractivity contribution >= 4 is 33.2 Å². The molecular weight excluding hydrogens is 287 g/mol. The van der Waals surface area contributed by atoms with Crippen LogP contribution in [0.4, 0.5) is 15.8 Å². The number of nitrogens with zero attached hydrogens (tertiary/aromatic N) is 1. The normalized spacial score (nSPS) is 19.8. The zero-order valence-corrected chi connectivity index (χ0v) is 10.7. The van der Waals surface area contributed by atoms with Gasteiger partial charge < -0.3 is 10.6 Å². The number of halogens is 2. The Kier molecular flexibility index (Phi) is 3.19. The van der Waals surface area contributed by atoms with Crippen LogP contribution in [-0.4, -0.2) is 12.5 Å². The third kappa shape index (κ3) is 2.20. The standard InChI is InChI=1S/C12H12BrFN2O/c1-2-7-3-11(17)16(6-7)10-5-8(14)4-9(13)12(10)15/h2,4-5,7H,1,3,6,15H2. The summed E-state index contributed by atoms with van der Waals surface area (Å²) < 4.78 is 13.8. The number of nitrogen functional groups attached to an aromatic ring is 1. The van der Waals surface area contributed by atoms with E-state index in [9.17, 15) is 9.18 Å². The van der Waals surface area contributed by atoms with Crippen molar-refractivity contribution in [2.45, 2.75) is 6.42 Å². The van der Waals surface area contributed by atoms with Gasteiger partial charge in [0.25, 0.3) is 0 Å². The number of hydrogen-bond donors (Lipinski definition) is 1. The molecule has 0 saturated carbocycles. The number of carbonyl (C=O) groups is 1. The molecule has 3 nitrogen and oxygen atoms in total. The maximum Gasteiger partial charge on any atom is 0.227 e. The molecule has 90 valence electrons. The molecule has 1 aliphatic rings. The molecule has 2 N–H and O–H groups in total. The number of hydrogen-bond acceptors (Lipinski definition) is 2. The van der Waals surface area contributed by atoms with Crippen LogP contribution in [0.2, 0.25) is 0 Å². The highest BCUT2D eigenvalue weighted by atomic mass is 79.9. The minimum Gasteiger partial charge on any atom is -0.396 e. The SMILES string of the molecule is C=CC1CC(=O)N(c2cc(F)cc(Br)c2N)C1. The monoisotopic (exact) mass is 298 g/mol. The van der Waals surface area contributed by atoms with Crippen LogP contribution in [0.3, 0.4) is 0 Å². The van der Waals surface area contributed by atoms with E-state index in [-0.39, 0.29) is 11.8 Å². The van der Waals surface area contributed by atoms with Crippen LogP contribution in [0.15, 0.2) is 29.3 Å². The number of carbonyl (C=O) groups excluding carboxylic acids is 1. The Balaban J connectivity index is 2.41. The molecule has 1 aliphatic heterocycles. The summed E-state index contributed by atoms with van der Waals surface area (Å²) in [7, 11) is 0. The number of rotatable bonds is 2. The van der Waals surface area contributed by atoms with Gasteiger partial charge >= 0.3 is 0 Å². The van der Waals surface area contributed by atoms with E-state index in [1.165, 1.54) is 17.0 Å². The van der Waals surface area contributed by atoms with Gasteiger partial charge in [-0.3, -0.25) is 4.79 Å². The highest BCUT2D eigenvalue weighted by Crippen LogP contribution is 2.35. The highest BCUT2D eigenvalue weighted by molar-refractivity contribution is 9.10. The van der Waals surface area contributed by atoms with Crippen molar-refractivity contribution in [2.75, 3.05) is 17.2 Å². The van der Waals surface area contributed by atoms with Gasteiger partial charge in [-0.05, 0) is 28.1 Å². The van der Waals surface area contributed by atoms with Crippen LogP contribution in [0, 0.1) is 11.7 Å². The second-order valence-corrected chi connectivity index (χ2v) is 4.88. The van der Waals surface area contributed by atoms with Crippen molar-refractivity contribution in [1.82, 2.24) is 0 Å². The van der Waals surface area contributed by atoms with Crippen LogP contribution in [0.25, 0.3) is 0 Å². The van der Waals surface area contributed by atoms with E-state index in [0.29, 0.717) is 28.8 Å². The van der Waals surface area contributed by atoms with Gasteiger partial charge in [0.05, 0.1) is 11.4 Å². The van der Waals surface area contributed by atoms with E-state index in [1.807, 2.05) is 0 Å². The molecule has 0 aliphatic carbocycles. The second-order valence-electron chi connectivity index (χ2n) is 4.02. The van der Waals surface area contributed by atoms with E-state index in [1.54, 1.807) is 6.08 Å². The fourth-order valence-corrected chi connectivity index (χ4v) is 2.34. The Morgan fingerprint density at radius 3 is 2.88 bits per heavy atom. The molecule has 1 aromatic rings. The van der Waals surface area contributed by atoms with Crippen LogP contribution in [-0.2, 0) is 4.79 Å². The summed E-state index contributed by atoms with van der Waals surface area (Å²) >= 11 is 3.17. The molecular formula is C12H12BrFN2O. The largest absolute Gasteiger partial charge is 0.396 e. The Morgan fingerprint density at radius 1 is 1.59 bits per heavy atom. The maximum absolute atomic E-state index is 13.3. The Hall–Kier alpha value is -1.36. The van der Waals surface area contributed by atoms with Crippen molar-refractivity contribution < 1.29 is 9.18 Å². The average molecular weight is 299 g/mol. The Labute approximate surface area is 107 Å². The zero-order chi connectivity index (χ0) is 12.6. The summed E-state index contributed by atoms with van der Waals surface area (Å²) in [6.45, 7) is 4.17. The zero-order valence-electron chi connectivity index (χ0n) is 9.12. The minimum absolute atomic E-state index is 0.0564. The molecule has 17 heavy (non-hydrogen) atoms. The lowest BCUT2D eigenvalue weighted by Gasteiger charge is -2.19. The van der Waals surface area contributed by atoms with E-state index in [2.05, 4.69) is 22.5 Å². The van der Waals surface area contributed by atoms with E-state index >= 15 is 0 Å². The number of nitrogens with two attached hydrogens (primary N) is 1. The Bertz CT molecular complexity index is 490. The van der Waals surface area contributed by atoms with E-state index < -0.39 is 5.82 Å². The van der Waals surface area contributed by atoms with Gasteiger partial charge in [-0.25, -0.2) is 4.39 Å². The van der Waals surface area contributed by atoms with Gasteiger partial charge in [-0.15, -0.1) is 6.58 Å². The third-order valence-corrected chi connectivity index (χ3v) is 3.51. The summed E-state index contributed by atoms with van der Waals surface area (Å²) in [6, 6.07) is 2.56. The summed E-state index contributed by atoms with van der Waals surface area (Å²) in [4.78, 5) is 13.3. The highest BCUT2D eigenvalue weighted by Gasteiger charge is 2.30. The molecule has 0 bridgehead atoms. The van der Waals surface area contributed by atoms with E-state index in [4.69, 9.17) is 5.73 Å². The van der Waals surface area contributed by atoms with Gasteiger partial charge in [0.2, 0.25) is 5.91 Å². The van der Waals surface area contributed by atoms with Crippen molar-refractivity contribution in [3.8, 4) is 0 Å². The van der Waals surface area contributed by atoms with Gasteiger partial charge in [0.15, 0.2) is 0 Å². The first-order valence-corrected chi connectivity index (χ1v) is 5.99. The van der Waals surface area contributed by atoms with Crippen LogP contribution < -0.4 is 10.6 Å². The first-order valence-electron chi connectivity index (χ1n) is 5.20. The first kappa shape index (κ1) is 12.1. The van der Waals surface area contributed by atoms with Gasteiger partial charge in [0, 0.05) is 23.4 Å². The topological polar surface area (TPSA) is 46.3 Å². The fourth-order valence-electron chi connectivity index (χ4n) is 1.92. The molecule has 5 heteroatoms. The molecule has 0 radical (unpaired) electrons. The van der Waals surface area contributed by atoms with Gasteiger partial charge in [0.1, 0.15) is 5.82 Å². The molecule has 1 amide bonds. The maximum atomic E-state index is 13.3. The summed E-state index contributed by atoms with van der Waals surface area (Å²) in [5.41, 5.74) is 6.65. The minimum atomic E-state index is -0.420. The lowest BCUT2D eigenvalue weighted by atomic mass is 10.1. The lowest BCUT2D eigenvalue weighted by molar-refractivity contribution is -0.117. The number of amides is 1. The molecule has 1 atom stereocenters. The Morgan fingerprint density at radius 2 is 2.29 bits per heavy atom. The molecule has 2 rings (SSSR count). The molecule has 1 unspecified atom stereocenters. The first-order chi connectivity index (χ1) is 8.02. The predicted octanol–water partition coefficient (Wildman–Crippen LogP) is 2.71. The van der Waals surface area contributed by atoms with Gasteiger partial charge in [-0.2, -0.15) is 0 Å². The molecule has 1 fully saturated rings. The van der Waals surface area contributed by atoms with Gasteiger partial charge in [-0.1, -0.05) is 6.08 Å². The third-order valence-electron chi connectivity index (χ3n) is 2.85. The number of anilines is 2. The second kappa shape index (κ2) is 4.49.